The summed E-state index contributed by atoms with van der Waals surface area (Å²) in [5, 5.41) is 3.56. The fourth-order valence-electron chi connectivity index (χ4n) is 3.93. The number of para-hydroxylation sites is 2. The maximum absolute atomic E-state index is 14.7. The lowest BCUT2D eigenvalue weighted by Crippen LogP contribution is -2.27. The van der Waals surface area contributed by atoms with E-state index in [-0.39, 0.29) is 17.9 Å². The molecule has 134 valence electrons. The minimum atomic E-state index is -0.178. The summed E-state index contributed by atoms with van der Waals surface area (Å²) in [7, 11) is 0. The zero-order valence-corrected chi connectivity index (χ0v) is 16.0. The zero-order valence-electron chi connectivity index (χ0n) is 14.4. The van der Waals surface area contributed by atoms with E-state index in [0.29, 0.717) is 5.56 Å². The standard InChI is InChI=1S/C22H17BrFN3/c23-15-11-9-14(10-12-15)19-13-21(16-5-1-2-6-17(16)24)27-20-8-4-3-7-18(20)25-22(27)26-19/h1-12,19,21H,13H2,(H,25,26). The van der Waals surface area contributed by atoms with Crippen LogP contribution in [0.2, 0.25) is 0 Å². The quantitative estimate of drug-likeness (QED) is 0.424. The Morgan fingerprint density at radius 3 is 2.52 bits per heavy atom. The molecule has 0 aliphatic carbocycles. The topological polar surface area (TPSA) is 29.9 Å². The van der Waals surface area contributed by atoms with Crippen molar-refractivity contribution in [3.8, 4) is 0 Å². The summed E-state index contributed by atoms with van der Waals surface area (Å²) >= 11 is 3.49. The first-order chi connectivity index (χ1) is 13.2. The van der Waals surface area contributed by atoms with E-state index >= 15 is 0 Å². The second-order valence-corrected chi connectivity index (χ2v) is 7.73. The zero-order chi connectivity index (χ0) is 18.4. The molecule has 1 aliphatic rings. The highest BCUT2D eigenvalue weighted by molar-refractivity contribution is 9.10. The number of halogens is 2. The van der Waals surface area contributed by atoms with E-state index < -0.39 is 0 Å². The van der Waals surface area contributed by atoms with Gasteiger partial charge in [-0.3, -0.25) is 0 Å². The van der Waals surface area contributed by atoms with Crippen molar-refractivity contribution >= 4 is 32.9 Å². The van der Waals surface area contributed by atoms with Gasteiger partial charge in [-0.25, -0.2) is 9.37 Å². The van der Waals surface area contributed by atoms with E-state index in [1.165, 1.54) is 6.07 Å². The molecule has 2 atom stereocenters. The highest BCUT2D eigenvalue weighted by Crippen LogP contribution is 2.41. The van der Waals surface area contributed by atoms with Gasteiger partial charge in [-0.2, -0.15) is 0 Å². The molecule has 27 heavy (non-hydrogen) atoms. The predicted octanol–water partition coefficient (Wildman–Crippen LogP) is 6.08. The van der Waals surface area contributed by atoms with Crippen LogP contribution < -0.4 is 5.32 Å². The molecule has 2 unspecified atom stereocenters. The summed E-state index contributed by atoms with van der Waals surface area (Å²) in [5.41, 5.74) is 3.80. The predicted molar refractivity (Wildman–Crippen MR) is 109 cm³/mol. The summed E-state index contributed by atoms with van der Waals surface area (Å²) in [6.45, 7) is 0. The number of imidazole rings is 1. The Balaban J connectivity index is 1.68. The van der Waals surface area contributed by atoms with Crippen LogP contribution in [0.25, 0.3) is 11.0 Å². The summed E-state index contributed by atoms with van der Waals surface area (Å²) < 4.78 is 17.9. The molecule has 0 amide bonds. The Bertz CT molecular complexity index is 1120. The summed E-state index contributed by atoms with van der Waals surface area (Å²) in [4.78, 5) is 4.77. The van der Waals surface area contributed by atoms with Gasteiger partial charge in [0.1, 0.15) is 5.82 Å². The van der Waals surface area contributed by atoms with Crippen molar-refractivity contribution in [2.75, 3.05) is 5.32 Å². The molecule has 3 aromatic carbocycles. The smallest absolute Gasteiger partial charge is 0.204 e. The molecule has 5 rings (SSSR count). The lowest BCUT2D eigenvalue weighted by Gasteiger charge is -2.33. The fourth-order valence-corrected chi connectivity index (χ4v) is 4.20. The number of rotatable bonds is 2. The monoisotopic (exact) mass is 421 g/mol. The van der Waals surface area contributed by atoms with Crippen LogP contribution in [0.3, 0.4) is 0 Å². The Hall–Kier alpha value is -2.66. The number of nitrogens with one attached hydrogen (secondary N) is 1. The number of hydrogen-bond donors (Lipinski definition) is 1. The van der Waals surface area contributed by atoms with E-state index in [1.807, 2.05) is 48.5 Å². The highest BCUT2D eigenvalue weighted by atomic mass is 79.9. The maximum atomic E-state index is 14.7. The van der Waals surface area contributed by atoms with Crippen LogP contribution in [0.5, 0.6) is 0 Å². The number of hydrogen-bond acceptors (Lipinski definition) is 2. The van der Waals surface area contributed by atoms with Crippen LogP contribution in [-0.2, 0) is 0 Å². The Morgan fingerprint density at radius 1 is 0.963 bits per heavy atom. The first kappa shape index (κ1) is 16.5. The molecule has 0 saturated heterocycles. The third kappa shape index (κ3) is 2.82. The first-order valence-corrected chi connectivity index (χ1v) is 9.73. The molecular weight excluding hydrogens is 405 g/mol. The Morgan fingerprint density at radius 2 is 1.70 bits per heavy atom. The number of anilines is 1. The molecule has 0 radical (unpaired) electrons. The maximum Gasteiger partial charge on any atom is 0.204 e. The SMILES string of the molecule is Fc1ccccc1C1CC(c2ccc(Br)cc2)Nc2nc3ccccc3n21. The molecule has 1 aromatic heterocycles. The molecule has 4 aromatic rings. The number of nitrogens with zero attached hydrogens (tertiary/aromatic N) is 2. The average molecular weight is 422 g/mol. The van der Waals surface area contributed by atoms with Gasteiger partial charge in [-0.15, -0.1) is 0 Å². The van der Waals surface area contributed by atoms with E-state index in [4.69, 9.17) is 4.98 Å². The van der Waals surface area contributed by atoms with Crippen molar-refractivity contribution in [1.29, 1.82) is 0 Å². The molecule has 5 heteroatoms. The fraction of sp³-hybridized carbons (Fsp3) is 0.136. The highest BCUT2D eigenvalue weighted by Gasteiger charge is 2.32. The van der Waals surface area contributed by atoms with Crippen molar-refractivity contribution in [2.24, 2.45) is 0 Å². The van der Waals surface area contributed by atoms with Crippen LogP contribution >= 0.6 is 15.9 Å². The van der Waals surface area contributed by atoms with Crippen molar-refractivity contribution in [2.45, 2.75) is 18.5 Å². The summed E-state index contributed by atoms with van der Waals surface area (Å²) in [6, 6.07) is 23.3. The van der Waals surface area contributed by atoms with Gasteiger partial charge < -0.3 is 9.88 Å². The second-order valence-electron chi connectivity index (χ2n) is 6.82. The van der Waals surface area contributed by atoms with Crippen molar-refractivity contribution < 1.29 is 4.39 Å². The molecule has 1 aliphatic heterocycles. The molecule has 3 nitrogen and oxygen atoms in total. The van der Waals surface area contributed by atoms with E-state index in [9.17, 15) is 4.39 Å². The van der Waals surface area contributed by atoms with Crippen LogP contribution in [0, 0.1) is 5.82 Å². The second kappa shape index (κ2) is 6.50. The van der Waals surface area contributed by atoms with Gasteiger partial charge in [-0.05, 0) is 42.3 Å². The summed E-state index contributed by atoms with van der Waals surface area (Å²) in [6.07, 6.45) is 0.746. The van der Waals surface area contributed by atoms with Crippen LogP contribution in [0.15, 0.2) is 77.3 Å². The largest absolute Gasteiger partial charge is 0.349 e. The molecule has 0 spiro atoms. The molecule has 0 saturated carbocycles. The van der Waals surface area contributed by atoms with Gasteiger partial charge in [0.15, 0.2) is 0 Å². The molecule has 0 bridgehead atoms. The van der Waals surface area contributed by atoms with Gasteiger partial charge in [-0.1, -0.05) is 58.4 Å². The van der Waals surface area contributed by atoms with Crippen LogP contribution in [0.1, 0.15) is 29.6 Å². The van der Waals surface area contributed by atoms with E-state index in [0.717, 1.165) is 33.4 Å². The normalized spacial score (nSPS) is 18.9. The molecule has 1 N–H and O–H groups in total. The third-order valence-corrected chi connectivity index (χ3v) is 5.74. The van der Waals surface area contributed by atoms with Gasteiger partial charge in [0.05, 0.1) is 23.1 Å². The van der Waals surface area contributed by atoms with Gasteiger partial charge >= 0.3 is 0 Å². The van der Waals surface area contributed by atoms with E-state index in [2.05, 4.69) is 37.9 Å². The van der Waals surface area contributed by atoms with Crippen LogP contribution in [-0.4, -0.2) is 9.55 Å². The molecule has 0 fully saturated rings. The average Bonchev–Trinajstić information content (AvgIpc) is 3.07. The van der Waals surface area contributed by atoms with Crippen molar-refractivity contribution in [3.63, 3.8) is 0 Å². The minimum Gasteiger partial charge on any atom is -0.349 e. The van der Waals surface area contributed by atoms with Gasteiger partial charge in [0.25, 0.3) is 0 Å². The Labute approximate surface area is 165 Å². The van der Waals surface area contributed by atoms with Crippen LogP contribution in [0.4, 0.5) is 10.3 Å². The van der Waals surface area contributed by atoms with Gasteiger partial charge in [0.2, 0.25) is 5.95 Å². The molecular formula is C22H17BrFN3. The molecule has 2 heterocycles. The van der Waals surface area contributed by atoms with Crippen molar-refractivity contribution in [3.05, 3.63) is 94.2 Å². The Kier molecular flexibility index (Phi) is 3.97. The third-order valence-electron chi connectivity index (χ3n) is 5.21. The number of aromatic nitrogens is 2. The minimum absolute atomic E-state index is 0.0621. The van der Waals surface area contributed by atoms with E-state index in [1.54, 1.807) is 6.07 Å². The first-order valence-electron chi connectivity index (χ1n) is 8.94. The van der Waals surface area contributed by atoms with Gasteiger partial charge in [0, 0.05) is 10.0 Å². The lowest BCUT2D eigenvalue weighted by molar-refractivity contribution is 0.457. The summed E-state index contributed by atoms with van der Waals surface area (Å²) in [5.74, 6) is 0.603. The number of benzene rings is 3. The van der Waals surface area contributed by atoms with Crippen molar-refractivity contribution in [1.82, 2.24) is 9.55 Å². The lowest BCUT2D eigenvalue weighted by atomic mass is 9.92. The number of fused-ring (bicyclic) bond motifs is 3.